The molecule has 5 heteroatoms. The summed E-state index contributed by atoms with van der Waals surface area (Å²) in [6.07, 6.45) is 0. The Hall–Kier alpha value is -1.88. The van der Waals surface area contributed by atoms with Gasteiger partial charge < -0.3 is 5.11 Å². The van der Waals surface area contributed by atoms with E-state index in [4.69, 9.17) is 10.9 Å². The van der Waals surface area contributed by atoms with E-state index in [-0.39, 0.29) is 11.3 Å². The molecule has 0 bridgehead atoms. The van der Waals surface area contributed by atoms with Crippen LogP contribution in [0, 0.1) is 0 Å². The predicted octanol–water partition coefficient (Wildman–Crippen LogP) is 0.611. The molecule has 0 fully saturated rings. The van der Waals surface area contributed by atoms with E-state index in [1.165, 1.54) is 19.1 Å². The lowest BCUT2D eigenvalue weighted by Gasteiger charge is -2.16. The Labute approximate surface area is 80.7 Å². The first-order valence-corrected chi connectivity index (χ1v) is 3.91. The average molecular weight is 194 g/mol. The third-order valence-corrected chi connectivity index (χ3v) is 1.73. The lowest BCUT2D eigenvalue weighted by atomic mass is 10.2. The SMILES string of the molecule is CC(=O)N(N)c1ccccc1C(=O)O. The number of amides is 1. The number of para-hydroxylation sites is 1. The number of benzene rings is 1. The molecule has 1 rings (SSSR count). The molecule has 0 aliphatic carbocycles. The van der Waals surface area contributed by atoms with Crippen LogP contribution in [0.2, 0.25) is 0 Å². The van der Waals surface area contributed by atoms with Crippen molar-refractivity contribution in [3.63, 3.8) is 0 Å². The topological polar surface area (TPSA) is 83.6 Å². The summed E-state index contributed by atoms with van der Waals surface area (Å²) in [6.45, 7) is 1.26. The highest BCUT2D eigenvalue weighted by Gasteiger charge is 2.15. The van der Waals surface area contributed by atoms with Crippen LogP contribution in [0.5, 0.6) is 0 Å². The molecule has 0 unspecified atom stereocenters. The maximum absolute atomic E-state index is 10.9. The van der Waals surface area contributed by atoms with E-state index in [2.05, 4.69) is 0 Å². The quantitative estimate of drug-likeness (QED) is 0.410. The highest BCUT2D eigenvalue weighted by atomic mass is 16.4. The molecule has 74 valence electrons. The van der Waals surface area contributed by atoms with Crippen LogP contribution in [0.4, 0.5) is 5.69 Å². The summed E-state index contributed by atoms with van der Waals surface area (Å²) in [5.41, 5.74) is 0.192. The summed E-state index contributed by atoms with van der Waals surface area (Å²) in [5, 5.41) is 9.61. The Balaban J connectivity index is 3.19. The smallest absolute Gasteiger partial charge is 0.337 e. The zero-order chi connectivity index (χ0) is 10.7. The van der Waals surface area contributed by atoms with Gasteiger partial charge in [0.1, 0.15) is 0 Å². The molecular formula is C9H10N2O3. The number of carbonyl (C=O) groups is 2. The number of nitrogens with two attached hydrogens (primary N) is 1. The van der Waals surface area contributed by atoms with Gasteiger partial charge >= 0.3 is 5.97 Å². The van der Waals surface area contributed by atoms with Crippen LogP contribution in [0.1, 0.15) is 17.3 Å². The van der Waals surface area contributed by atoms with Crippen LogP contribution in [-0.4, -0.2) is 17.0 Å². The highest BCUT2D eigenvalue weighted by Crippen LogP contribution is 2.17. The maximum atomic E-state index is 10.9. The third kappa shape index (κ3) is 1.89. The molecule has 0 heterocycles. The minimum absolute atomic E-state index is 0.00481. The molecule has 5 nitrogen and oxygen atoms in total. The van der Waals surface area contributed by atoms with E-state index in [1.54, 1.807) is 12.1 Å². The van der Waals surface area contributed by atoms with Gasteiger partial charge in [0.25, 0.3) is 0 Å². The van der Waals surface area contributed by atoms with Crippen molar-refractivity contribution in [3.05, 3.63) is 29.8 Å². The van der Waals surface area contributed by atoms with E-state index < -0.39 is 11.9 Å². The second-order valence-corrected chi connectivity index (χ2v) is 2.71. The van der Waals surface area contributed by atoms with Crippen molar-refractivity contribution < 1.29 is 14.7 Å². The van der Waals surface area contributed by atoms with E-state index in [1.807, 2.05) is 0 Å². The van der Waals surface area contributed by atoms with Crippen molar-refractivity contribution >= 4 is 17.6 Å². The van der Waals surface area contributed by atoms with Crippen LogP contribution in [-0.2, 0) is 4.79 Å². The number of hydrogen-bond acceptors (Lipinski definition) is 3. The Morgan fingerprint density at radius 3 is 2.43 bits per heavy atom. The second kappa shape index (κ2) is 3.89. The minimum atomic E-state index is -1.11. The van der Waals surface area contributed by atoms with Gasteiger partial charge in [-0.3, -0.25) is 4.79 Å². The van der Waals surface area contributed by atoms with Gasteiger partial charge in [0.2, 0.25) is 5.91 Å². The number of carbonyl (C=O) groups excluding carboxylic acids is 1. The van der Waals surface area contributed by atoms with Crippen LogP contribution < -0.4 is 10.9 Å². The number of aromatic carboxylic acids is 1. The lowest BCUT2D eigenvalue weighted by Crippen LogP contribution is -2.36. The molecule has 0 saturated carbocycles. The molecule has 0 radical (unpaired) electrons. The predicted molar refractivity (Wildman–Crippen MR) is 50.7 cm³/mol. The van der Waals surface area contributed by atoms with Crippen LogP contribution in [0.25, 0.3) is 0 Å². The standard InChI is InChI=1S/C9H10N2O3/c1-6(12)11(10)8-5-3-2-4-7(8)9(13)14/h2-5H,10H2,1H3,(H,13,14). The zero-order valence-corrected chi connectivity index (χ0v) is 7.60. The van der Waals surface area contributed by atoms with E-state index >= 15 is 0 Å². The van der Waals surface area contributed by atoms with Gasteiger partial charge in [0, 0.05) is 6.92 Å². The molecule has 0 saturated heterocycles. The first-order chi connectivity index (χ1) is 6.54. The van der Waals surface area contributed by atoms with Gasteiger partial charge in [-0.05, 0) is 12.1 Å². The lowest BCUT2D eigenvalue weighted by molar-refractivity contribution is -0.116. The molecular weight excluding hydrogens is 184 g/mol. The molecule has 0 aliphatic heterocycles. The minimum Gasteiger partial charge on any atom is -0.478 e. The Morgan fingerprint density at radius 2 is 1.93 bits per heavy atom. The van der Waals surface area contributed by atoms with Gasteiger partial charge in [-0.25, -0.2) is 15.6 Å². The van der Waals surface area contributed by atoms with Gasteiger partial charge in [0.15, 0.2) is 0 Å². The molecule has 0 aromatic heterocycles. The van der Waals surface area contributed by atoms with Crippen LogP contribution in [0.15, 0.2) is 24.3 Å². The molecule has 1 aromatic rings. The fraction of sp³-hybridized carbons (Fsp3) is 0.111. The van der Waals surface area contributed by atoms with Gasteiger partial charge in [0.05, 0.1) is 11.3 Å². The fourth-order valence-corrected chi connectivity index (χ4v) is 1.03. The van der Waals surface area contributed by atoms with E-state index in [0.29, 0.717) is 0 Å². The number of nitrogens with zero attached hydrogens (tertiary/aromatic N) is 1. The number of rotatable bonds is 2. The summed E-state index contributed by atoms with van der Waals surface area (Å²) in [4.78, 5) is 21.7. The van der Waals surface area contributed by atoms with Crippen LogP contribution in [0.3, 0.4) is 0 Å². The van der Waals surface area contributed by atoms with Crippen molar-refractivity contribution in [1.82, 2.24) is 0 Å². The monoisotopic (exact) mass is 194 g/mol. The molecule has 0 spiro atoms. The summed E-state index contributed by atoms with van der Waals surface area (Å²) in [5.74, 6) is 3.87. The van der Waals surface area contributed by atoms with Crippen molar-refractivity contribution in [2.24, 2.45) is 5.84 Å². The van der Waals surface area contributed by atoms with Crippen molar-refractivity contribution in [2.75, 3.05) is 5.01 Å². The molecule has 0 atom stereocenters. The van der Waals surface area contributed by atoms with E-state index in [9.17, 15) is 9.59 Å². The largest absolute Gasteiger partial charge is 0.478 e. The molecule has 0 aliphatic rings. The molecule has 1 aromatic carbocycles. The summed E-state index contributed by atoms with van der Waals surface area (Å²) >= 11 is 0. The number of carboxylic acids is 1. The van der Waals surface area contributed by atoms with Crippen LogP contribution >= 0.6 is 0 Å². The summed E-state index contributed by atoms with van der Waals surface area (Å²) in [7, 11) is 0. The molecule has 1 amide bonds. The number of hydrogen-bond donors (Lipinski definition) is 2. The Bertz CT molecular complexity index is 376. The van der Waals surface area contributed by atoms with Gasteiger partial charge in [-0.15, -0.1) is 0 Å². The third-order valence-electron chi connectivity index (χ3n) is 1.73. The van der Waals surface area contributed by atoms with Gasteiger partial charge in [-0.2, -0.15) is 0 Å². The fourth-order valence-electron chi connectivity index (χ4n) is 1.03. The average Bonchev–Trinajstić information content (AvgIpc) is 2.16. The first-order valence-electron chi connectivity index (χ1n) is 3.91. The van der Waals surface area contributed by atoms with Crippen molar-refractivity contribution in [1.29, 1.82) is 0 Å². The summed E-state index contributed by atoms with van der Waals surface area (Å²) in [6, 6.07) is 6.05. The summed E-state index contributed by atoms with van der Waals surface area (Å²) < 4.78 is 0. The number of anilines is 1. The number of hydrazine groups is 1. The van der Waals surface area contributed by atoms with E-state index in [0.717, 1.165) is 5.01 Å². The molecule has 3 N–H and O–H groups in total. The van der Waals surface area contributed by atoms with Crippen molar-refractivity contribution in [3.8, 4) is 0 Å². The second-order valence-electron chi connectivity index (χ2n) is 2.71. The van der Waals surface area contributed by atoms with Crippen molar-refractivity contribution in [2.45, 2.75) is 6.92 Å². The zero-order valence-electron chi connectivity index (χ0n) is 7.60. The Morgan fingerprint density at radius 1 is 1.36 bits per heavy atom. The maximum Gasteiger partial charge on any atom is 0.337 e. The molecule has 14 heavy (non-hydrogen) atoms. The number of carboxylic acid groups (broad SMARTS) is 1. The normalized spacial score (nSPS) is 9.57. The van der Waals surface area contributed by atoms with Gasteiger partial charge in [-0.1, -0.05) is 12.1 Å². The first kappa shape index (κ1) is 10.2. The highest BCUT2D eigenvalue weighted by molar-refractivity contribution is 6.00. The Kier molecular flexibility index (Phi) is 2.83.